The number of hydrogen-bond donors (Lipinski definition) is 0. The van der Waals surface area contributed by atoms with E-state index in [1.807, 2.05) is 12.1 Å². The van der Waals surface area contributed by atoms with Crippen LogP contribution in [0.2, 0.25) is 0 Å². The fourth-order valence-electron chi connectivity index (χ4n) is 1.39. The lowest BCUT2D eigenvalue weighted by molar-refractivity contribution is 0.137. The molecule has 0 aromatic carbocycles. The highest BCUT2D eigenvalue weighted by Gasteiger charge is 2.18. The molecule has 0 N–H and O–H groups in total. The van der Waals surface area contributed by atoms with Gasteiger partial charge < -0.3 is 14.2 Å². The van der Waals surface area contributed by atoms with Crippen molar-refractivity contribution in [2.24, 2.45) is 0 Å². The van der Waals surface area contributed by atoms with Gasteiger partial charge in [0.15, 0.2) is 0 Å². The van der Waals surface area contributed by atoms with Crippen LogP contribution < -0.4 is 9.47 Å². The summed E-state index contributed by atoms with van der Waals surface area (Å²) in [5, 5.41) is 0. The number of hydrogen-bond acceptors (Lipinski definition) is 4. The summed E-state index contributed by atoms with van der Waals surface area (Å²) in [5.74, 6) is 1.11. The van der Waals surface area contributed by atoms with Gasteiger partial charge in [-0.3, -0.25) is 0 Å². The zero-order chi connectivity index (χ0) is 10.7. The standard InChI is InChI=1S/C10H12BrNO3/c1-13-10-8(11)2-3-9(12-10)15-7-4-5-14-6-7/h2-3,7H,4-6H2,1H3. The van der Waals surface area contributed by atoms with Crippen LogP contribution in [0.25, 0.3) is 0 Å². The Morgan fingerprint density at radius 2 is 2.40 bits per heavy atom. The molecule has 0 bridgehead atoms. The first-order valence-corrected chi connectivity index (χ1v) is 5.54. The van der Waals surface area contributed by atoms with Gasteiger partial charge in [-0.2, -0.15) is 4.98 Å². The largest absolute Gasteiger partial charge is 0.480 e. The van der Waals surface area contributed by atoms with Crippen LogP contribution in [-0.2, 0) is 4.74 Å². The molecule has 82 valence electrons. The summed E-state index contributed by atoms with van der Waals surface area (Å²) in [5.41, 5.74) is 0. The molecule has 1 fully saturated rings. The molecule has 1 atom stereocenters. The average Bonchev–Trinajstić information content (AvgIpc) is 2.73. The third-order valence-electron chi connectivity index (χ3n) is 2.16. The van der Waals surface area contributed by atoms with Gasteiger partial charge >= 0.3 is 0 Å². The van der Waals surface area contributed by atoms with Gasteiger partial charge in [-0.05, 0) is 22.0 Å². The molecule has 1 aromatic heterocycles. The van der Waals surface area contributed by atoms with Crippen molar-refractivity contribution >= 4 is 15.9 Å². The maximum Gasteiger partial charge on any atom is 0.231 e. The normalized spacial score (nSPS) is 20.3. The van der Waals surface area contributed by atoms with E-state index in [-0.39, 0.29) is 6.10 Å². The Labute approximate surface area is 96.7 Å². The summed E-state index contributed by atoms with van der Waals surface area (Å²) in [6, 6.07) is 3.67. The van der Waals surface area contributed by atoms with Crippen LogP contribution in [0, 0.1) is 0 Å². The van der Waals surface area contributed by atoms with Crippen LogP contribution in [0.3, 0.4) is 0 Å². The molecule has 2 rings (SSSR count). The van der Waals surface area contributed by atoms with Crippen molar-refractivity contribution < 1.29 is 14.2 Å². The van der Waals surface area contributed by atoms with E-state index in [0.717, 1.165) is 17.5 Å². The lowest BCUT2D eigenvalue weighted by atomic mass is 10.3. The van der Waals surface area contributed by atoms with E-state index in [0.29, 0.717) is 18.4 Å². The van der Waals surface area contributed by atoms with Gasteiger partial charge in [0.2, 0.25) is 11.8 Å². The second-order valence-electron chi connectivity index (χ2n) is 3.24. The first-order chi connectivity index (χ1) is 7.29. The lowest BCUT2D eigenvalue weighted by Gasteiger charge is -2.11. The molecule has 2 heterocycles. The van der Waals surface area contributed by atoms with E-state index < -0.39 is 0 Å². The Kier molecular flexibility index (Phi) is 3.43. The Bertz CT molecular complexity index is 339. The molecular weight excluding hydrogens is 262 g/mol. The first-order valence-electron chi connectivity index (χ1n) is 4.74. The Balaban J connectivity index is 2.07. The second kappa shape index (κ2) is 4.81. The molecule has 5 heteroatoms. The number of nitrogens with zero attached hydrogens (tertiary/aromatic N) is 1. The molecule has 0 spiro atoms. The van der Waals surface area contributed by atoms with E-state index in [1.165, 1.54) is 0 Å². The van der Waals surface area contributed by atoms with Crippen molar-refractivity contribution in [3.8, 4) is 11.8 Å². The minimum Gasteiger partial charge on any atom is -0.480 e. The van der Waals surface area contributed by atoms with Crippen LogP contribution in [0.5, 0.6) is 11.8 Å². The van der Waals surface area contributed by atoms with E-state index in [2.05, 4.69) is 20.9 Å². The number of rotatable bonds is 3. The number of pyridine rings is 1. The first kappa shape index (κ1) is 10.7. The lowest BCUT2D eigenvalue weighted by Crippen LogP contribution is -2.16. The highest BCUT2D eigenvalue weighted by Crippen LogP contribution is 2.25. The zero-order valence-electron chi connectivity index (χ0n) is 8.40. The van der Waals surface area contributed by atoms with Crippen LogP contribution in [0.15, 0.2) is 16.6 Å². The molecule has 0 saturated carbocycles. The summed E-state index contributed by atoms with van der Waals surface area (Å²) < 4.78 is 16.8. The van der Waals surface area contributed by atoms with Gasteiger partial charge in [0, 0.05) is 12.5 Å². The van der Waals surface area contributed by atoms with Crippen LogP contribution in [-0.4, -0.2) is 31.4 Å². The van der Waals surface area contributed by atoms with Gasteiger partial charge in [-0.1, -0.05) is 0 Å². The van der Waals surface area contributed by atoms with E-state index >= 15 is 0 Å². The molecular formula is C10H12BrNO3. The summed E-state index contributed by atoms with van der Waals surface area (Å²) in [6.45, 7) is 1.40. The van der Waals surface area contributed by atoms with Crippen molar-refractivity contribution in [1.29, 1.82) is 0 Å². The predicted octanol–water partition coefficient (Wildman–Crippen LogP) is 2.02. The zero-order valence-corrected chi connectivity index (χ0v) is 9.99. The van der Waals surface area contributed by atoms with Crippen LogP contribution in [0.4, 0.5) is 0 Å². The van der Waals surface area contributed by atoms with E-state index in [9.17, 15) is 0 Å². The summed E-state index contributed by atoms with van der Waals surface area (Å²) >= 11 is 3.34. The van der Waals surface area contributed by atoms with Crippen molar-refractivity contribution in [2.75, 3.05) is 20.3 Å². The molecule has 0 radical (unpaired) electrons. The minimum atomic E-state index is 0.114. The van der Waals surface area contributed by atoms with Gasteiger partial charge in [-0.15, -0.1) is 0 Å². The van der Waals surface area contributed by atoms with Crippen LogP contribution >= 0.6 is 15.9 Å². The van der Waals surface area contributed by atoms with Gasteiger partial charge in [-0.25, -0.2) is 0 Å². The summed E-state index contributed by atoms with van der Waals surface area (Å²) in [6.07, 6.45) is 1.03. The quantitative estimate of drug-likeness (QED) is 0.845. The van der Waals surface area contributed by atoms with Gasteiger partial charge in [0.1, 0.15) is 6.10 Å². The average molecular weight is 274 g/mol. The van der Waals surface area contributed by atoms with Crippen molar-refractivity contribution in [1.82, 2.24) is 4.98 Å². The van der Waals surface area contributed by atoms with Gasteiger partial charge in [0.05, 0.1) is 24.8 Å². The molecule has 1 aromatic rings. The Morgan fingerprint density at radius 1 is 1.53 bits per heavy atom. The maximum absolute atomic E-state index is 5.64. The van der Waals surface area contributed by atoms with Crippen LogP contribution in [0.1, 0.15) is 6.42 Å². The summed E-state index contributed by atoms with van der Waals surface area (Å²) in [7, 11) is 1.58. The molecule has 0 aliphatic carbocycles. The summed E-state index contributed by atoms with van der Waals surface area (Å²) in [4.78, 5) is 4.21. The van der Waals surface area contributed by atoms with Crippen molar-refractivity contribution in [3.05, 3.63) is 16.6 Å². The van der Waals surface area contributed by atoms with E-state index in [4.69, 9.17) is 14.2 Å². The number of aromatic nitrogens is 1. The van der Waals surface area contributed by atoms with Crippen molar-refractivity contribution in [2.45, 2.75) is 12.5 Å². The topological polar surface area (TPSA) is 40.6 Å². The molecule has 15 heavy (non-hydrogen) atoms. The SMILES string of the molecule is COc1nc(OC2CCOC2)ccc1Br. The highest BCUT2D eigenvalue weighted by molar-refractivity contribution is 9.10. The highest BCUT2D eigenvalue weighted by atomic mass is 79.9. The number of ether oxygens (including phenoxy) is 3. The maximum atomic E-state index is 5.64. The monoisotopic (exact) mass is 273 g/mol. The predicted molar refractivity (Wildman–Crippen MR) is 58.3 cm³/mol. The fraction of sp³-hybridized carbons (Fsp3) is 0.500. The second-order valence-corrected chi connectivity index (χ2v) is 4.10. The van der Waals surface area contributed by atoms with Crippen molar-refractivity contribution in [3.63, 3.8) is 0 Å². The molecule has 1 saturated heterocycles. The molecule has 4 nitrogen and oxygen atoms in total. The smallest absolute Gasteiger partial charge is 0.231 e. The molecule has 1 aliphatic rings. The van der Waals surface area contributed by atoms with Gasteiger partial charge in [0.25, 0.3) is 0 Å². The Morgan fingerprint density at radius 3 is 3.07 bits per heavy atom. The third-order valence-corrected chi connectivity index (χ3v) is 2.76. The molecule has 1 unspecified atom stereocenters. The number of methoxy groups -OCH3 is 1. The number of halogens is 1. The Hall–Kier alpha value is -0.810. The third kappa shape index (κ3) is 2.60. The van der Waals surface area contributed by atoms with E-state index in [1.54, 1.807) is 7.11 Å². The molecule has 1 aliphatic heterocycles. The minimum absolute atomic E-state index is 0.114. The fourth-order valence-corrected chi connectivity index (χ4v) is 1.77. The molecule has 0 amide bonds.